The average molecular weight is 278 g/mol. The van der Waals surface area contributed by atoms with Crippen LogP contribution >= 0.6 is 0 Å². The Labute approximate surface area is 121 Å². The molecule has 0 fully saturated rings. The Morgan fingerprint density at radius 2 is 2.15 bits per heavy atom. The largest absolute Gasteiger partial charge is 0.395 e. The number of hydrogen-bond donors (Lipinski definition) is 1. The lowest BCUT2D eigenvalue weighted by molar-refractivity contribution is 0.112. The van der Waals surface area contributed by atoms with Crippen LogP contribution in [0.3, 0.4) is 0 Å². The van der Waals surface area contributed by atoms with E-state index in [0.717, 1.165) is 12.8 Å². The molecule has 110 valence electrons. The molecule has 1 aromatic rings. The third kappa shape index (κ3) is 6.70. The second kappa shape index (κ2) is 9.52. The van der Waals surface area contributed by atoms with Gasteiger partial charge >= 0.3 is 0 Å². The molecule has 1 rings (SSSR count). The van der Waals surface area contributed by atoms with Gasteiger partial charge in [0.25, 0.3) is 0 Å². The molecule has 20 heavy (non-hydrogen) atoms. The topological polar surface area (TPSA) is 29.5 Å². The van der Waals surface area contributed by atoms with E-state index in [1.54, 1.807) is 12.1 Å². The minimum absolute atomic E-state index is 0.0256. The first-order valence-corrected chi connectivity index (χ1v) is 7.09. The Kier molecular flexibility index (Phi) is 7.94. The lowest BCUT2D eigenvalue weighted by Crippen LogP contribution is -2.00. The summed E-state index contributed by atoms with van der Waals surface area (Å²) in [6, 6.07) is 4.90. The van der Waals surface area contributed by atoms with E-state index in [2.05, 4.69) is 25.7 Å². The predicted octanol–water partition coefficient (Wildman–Crippen LogP) is 3.51. The number of halogens is 1. The summed E-state index contributed by atoms with van der Waals surface area (Å²) in [4.78, 5) is 0. The predicted molar refractivity (Wildman–Crippen MR) is 78.7 cm³/mol. The second-order valence-electron chi connectivity index (χ2n) is 5.17. The van der Waals surface area contributed by atoms with Gasteiger partial charge < -0.3 is 9.84 Å². The van der Waals surface area contributed by atoms with Crippen LogP contribution in [-0.4, -0.2) is 18.3 Å². The van der Waals surface area contributed by atoms with E-state index >= 15 is 0 Å². The van der Waals surface area contributed by atoms with E-state index in [-0.39, 0.29) is 12.4 Å². The molecule has 0 saturated carbocycles. The van der Waals surface area contributed by atoms with Gasteiger partial charge in [0.2, 0.25) is 0 Å². The van der Waals surface area contributed by atoms with Crippen LogP contribution < -0.4 is 0 Å². The Hall–Kier alpha value is -1.37. The van der Waals surface area contributed by atoms with Crippen molar-refractivity contribution in [2.75, 3.05) is 13.2 Å². The van der Waals surface area contributed by atoms with Gasteiger partial charge in [-0.05, 0) is 30.9 Å². The average Bonchev–Trinajstić information content (AvgIpc) is 2.40. The summed E-state index contributed by atoms with van der Waals surface area (Å²) in [5.74, 6) is 5.97. The second-order valence-corrected chi connectivity index (χ2v) is 5.17. The molecule has 1 aromatic carbocycles. The molecule has 0 unspecified atom stereocenters. The Bertz CT molecular complexity index is 458. The molecule has 0 saturated heterocycles. The molecule has 0 amide bonds. The molecule has 0 spiro atoms. The summed E-state index contributed by atoms with van der Waals surface area (Å²) in [5.41, 5.74) is 1.18. The summed E-state index contributed by atoms with van der Waals surface area (Å²) >= 11 is 0. The van der Waals surface area contributed by atoms with E-state index < -0.39 is 0 Å². The zero-order valence-electron chi connectivity index (χ0n) is 12.3. The molecule has 0 heterocycles. The highest BCUT2D eigenvalue weighted by molar-refractivity contribution is 5.36. The summed E-state index contributed by atoms with van der Waals surface area (Å²) in [5, 5.41) is 8.62. The van der Waals surface area contributed by atoms with Crippen LogP contribution in [0, 0.1) is 23.6 Å². The minimum atomic E-state index is -0.287. The molecule has 0 aliphatic heterocycles. The van der Waals surface area contributed by atoms with Gasteiger partial charge in [-0.25, -0.2) is 4.39 Å². The van der Waals surface area contributed by atoms with Crippen LogP contribution in [0.1, 0.15) is 44.2 Å². The van der Waals surface area contributed by atoms with Crippen LogP contribution in [0.25, 0.3) is 0 Å². The van der Waals surface area contributed by atoms with Gasteiger partial charge in [0.1, 0.15) is 5.82 Å². The lowest BCUT2D eigenvalue weighted by Gasteiger charge is -2.07. The van der Waals surface area contributed by atoms with Crippen molar-refractivity contribution in [3.05, 3.63) is 35.1 Å². The molecule has 0 bridgehead atoms. The van der Waals surface area contributed by atoms with Gasteiger partial charge in [0, 0.05) is 24.2 Å². The number of hydrogen-bond acceptors (Lipinski definition) is 2. The standard InChI is InChI=1S/C17H23FO2/c1-14(2)6-5-11-20-13-16-9-8-15(12-17(16)18)7-3-4-10-19/h8-9,12,14,19H,4-6,10-11,13H2,1-2H3. The SMILES string of the molecule is CC(C)CCCOCc1ccc(C#CCCO)cc1F. The van der Waals surface area contributed by atoms with E-state index in [9.17, 15) is 4.39 Å². The maximum Gasteiger partial charge on any atom is 0.129 e. The highest BCUT2D eigenvalue weighted by Gasteiger charge is 2.03. The van der Waals surface area contributed by atoms with Crippen molar-refractivity contribution in [3.8, 4) is 11.8 Å². The molecule has 0 aromatic heterocycles. The number of benzene rings is 1. The molecule has 0 aliphatic carbocycles. The monoisotopic (exact) mass is 278 g/mol. The maximum atomic E-state index is 13.8. The maximum absolute atomic E-state index is 13.8. The zero-order chi connectivity index (χ0) is 14.8. The Morgan fingerprint density at radius 3 is 2.80 bits per heavy atom. The fourth-order valence-corrected chi connectivity index (χ4v) is 1.74. The van der Waals surface area contributed by atoms with Crippen LogP contribution in [-0.2, 0) is 11.3 Å². The van der Waals surface area contributed by atoms with Gasteiger partial charge in [0.15, 0.2) is 0 Å². The summed E-state index contributed by atoms with van der Waals surface area (Å²) in [7, 11) is 0. The van der Waals surface area contributed by atoms with Crippen molar-refractivity contribution >= 4 is 0 Å². The first-order valence-electron chi connectivity index (χ1n) is 7.09. The molecule has 0 radical (unpaired) electrons. The summed E-state index contributed by atoms with van der Waals surface area (Å²) in [6.45, 7) is 5.34. The van der Waals surface area contributed by atoms with Crippen molar-refractivity contribution in [2.45, 2.75) is 39.7 Å². The highest BCUT2D eigenvalue weighted by Crippen LogP contribution is 2.12. The van der Waals surface area contributed by atoms with Crippen molar-refractivity contribution in [1.29, 1.82) is 0 Å². The van der Waals surface area contributed by atoms with E-state index in [1.165, 1.54) is 6.07 Å². The van der Waals surface area contributed by atoms with Crippen LogP contribution in [0.15, 0.2) is 18.2 Å². The number of ether oxygens (including phenoxy) is 1. The molecular weight excluding hydrogens is 255 g/mol. The Morgan fingerprint density at radius 1 is 1.35 bits per heavy atom. The smallest absolute Gasteiger partial charge is 0.129 e. The van der Waals surface area contributed by atoms with Gasteiger partial charge in [-0.15, -0.1) is 0 Å². The van der Waals surface area contributed by atoms with Gasteiger partial charge in [0.05, 0.1) is 13.2 Å². The van der Waals surface area contributed by atoms with E-state index in [1.807, 2.05) is 0 Å². The fraction of sp³-hybridized carbons (Fsp3) is 0.529. The van der Waals surface area contributed by atoms with Crippen molar-refractivity contribution in [1.82, 2.24) is 0 Å². The first kappa shape index (κ1) is 16.7. The molecule has 3 heteroatoms. The van der Waals surface area contributed by atoms with Crippen LogP contribution in [0.4, 0.5) is 4.39 Å². The van der Waals surface area contributed by atoms with Crippen molar-refractivity contribution < 1.29 is 14.2 Å². The Balaban J connectivity index is 2.42. The van der Waals surface area contributed by atoms with E-state index in [4.69, 9.17) is 9.84 Å². The minimum Gasteiger partial charge on any atom is -0.395 e. The van der Waals surface area contributed by atoms with Crippen molar-refractivity contribution in [3.63, 3.8) is 0 Å². The number of rotatable bonds is 7. The molecule has 2 nitrogen and oxygen atoms in total. The van der Waals surface area contributed by atoms with Gasteiger partial charge in [-0.2, -0.15) is 0 Å². The molecular formula is C17H23FO2. The molecule has 1 N–H and O–H groups in total. The van der Waals surface area contributed by atoms with Crippen LogP contribution in [0.2, 0.25) is 0 Å². The zero-order valence-corrected chi connectivity index (χ0v) is 12.3. The molecule has 0 aliphatic rings. The highest BCUT2D eigenvalue weighted by atomic mass is 19.1. The first-order chi connectivity index (χ1) is 9.63. The molecule has 0 atom stereocenters. The van der Waals surface area contributed by atoms with E-state index in [0.29, 0.717) is 36.7 Å². The summed E-state index contributed by atoms with van der Waals surface area (Å²) < 4.78 is 19.3. The summed E-state index contributed by atoms with van der Waals surface area (Å²) in [6.07, 6.45) is 2.54. The normalized spacial score (nSPS) is 10.4. The third-order valence-electron chi connectivity index (χ3n) is 2.85. The quantitative estimate of drug-likeness (QED) is 0.611. The number of aliphatic hydroxyl groups excluding tert-OH is 1. The van der Waals surface area contributed by atoms with Crippen molar-refractivity contribution in [2.24, 2.45) is 5.92 Å². The van der Waals surface area contributed by atoms with Gasteiger partial charge in [-0.1, -0.05) is 31.8 Å². The van der Waals surface area contributed by atoms with Gasteiger partial charge in [-0.3, -0.25) is 0 Å². The lowest BCUT2D eigenvalue weighted by atomic mass is 10.1. The third-order valence-corrected chi connectivity index (χ3v) is 2.85. The fourth-order valence-electron chi connectivity index (χ4n) is 1.74. The number of aliphatic hydroxyl groups is 1. The van der Waals surface area contributed by atoms with Crippen LogP contribution in [0.5, 0.6) is 0 Å².